The predicted octanol–water partition coefficient (Wildman–Crippen LogP) is -2.80. The van der Waals surface area contributed by atoms with Gasteiger partial charge in [0.25, 0.3) is 0 Å². The van der Waals surface area contributed by atoms with Crippen molar-refractivity contribution < 1.29 is 44.8 Å². The van der Waals surface area contributed by atoms with Gasteiger partial charge in [0.2, 0.25) is 6.29 Å². The molecule has 0 radical (unpaired) electrons. The normalized spacial score (nSPS) is 47.9. The highest BCUT2D eigenvalue weighted by molar-refractivity contribution is 5.25. The lowest BCUT2D eigenvalue weighted by atomic mass is 9.88. The third-order valence-corrected chi connectivity index (χ3v) is 4.73. The summed E-state index contributed by atoms with van der Waals surface area (Å²) in [6.45, 7) is -0.854. The van der Waals surface area contributed by atoms with Gasteiger partial charge in [-0.3, -0.25) is 0 Å². The third-order valence-electron chi connectivity index (χ3n) is 4.73. The number of fused-ring (bicyclic) bond motifs is 1. The Kier molecular flexibility index (Phi) is 5.23. The lowest BCUT2D eigenvalue weighted by Gasteiger charge is -2.42. The van der Waals surface area contributed by atoms with Gasteiger partial charge in [-0.25, -0.2) is 0 Å². The molecule has 9 atom stereocenters. The van der Waals surface area contributed by atoms with Crippen molar-refractivity contribution in [1.29, 1.82) is 0 Å². The first-order valence-corrected chi connectivity index (χ1v) is 7.75. The number of aliphatic hydroxyl groups excluding tert-OH is 6. The summed E-state index contributed by atoms with van der Waals surface area (Å²) >= 11 is 0. The van der Waals surface area contributed by atoms with E-state index in [-0.39, 0.29) is 12.5 Å². The Morgan fingerprint density at radius 2 is 1.75 bits per heavy atom. The van der Waals surface area contributed by atoms with Gasteiger partial charge < -0.3 is 44.8 Å². The zero-order chi connectivity index (χ0) is 17.4. The van der Waals surface area contributed by atoms with Crippen LogP contribution in [0.2, 0.25) is 0 Å². The number of hydrogen-bond donors (Lipinski definition) is 6. The quantitative estimate of drug-likeness (QED) is 0.297. The second kappa shape index (κ2) is 7.06. The van der Waals surface area contributed by atoms with Gasteiger partial charge in [0.05, 0.1) is 31.5 Å². The van der Waals surface area contributed by atoms with Gasteiger partial charge in [0, 0.05) is 5.92 Å². The van der Waals surface area contributed by atoms with Gasteiger partial charge >= 0.3 is 0 Å². The van der Waals surface area contributed by atoms with Crippen LogP contribution in [-0.2, 0) is 14.2 Å². The molecule has 0 bridgehead atoms. The molecule has 136 valence electrons. The zero-order valence-corrected chi connectivity index (χ0v) is 12.8. The molecule has 6 N–H and O–H groups in total. The van der Waals surface area contributed by atoms with Crippen molar-refractivity contribution in [2.45, 2.75) is 43.1 Å². The molecule has 1 aliphatic carbocycles. The van der Waals surface area contributed by atoms with Crippen LogP contribution in [0.3, 0.4) is 0 Å². The minimum atomic E-state index is -1.56. The van der Waals surface area contributed by atoms with Crippen LogP contribution >= 0.6 is 0 Å². The molecule has 0 amide bonds. The summed E-state index contributed by atoms with van der Waals surface area (Å²) in [4.78, 5) is 0. The van der Waals surface area contributed by atoms with E-state index in [1.165, 1.54) is 12.3 Å². The predicted molar refractivity (Wildman–Crippen MR) is 77.0 cm³/mol. The molecule has 9 nitrogen and oxygen atoms in total. The number of rotatable bonds is 4. The molecule has 2 heterocycles. The molecule has 24 heavy (non-hydrogen) atoms. The fourth-order valence-electron chi connectivity index (χ4n) is 3.38. The minimum Gasteiger partial charge on any atom is -0.472 e. The van der Waals surface area contributed by atoms with E-state index in [9.17, 15) is 30.6 Å². The first-order chi connectivity index (χ1) is 11.5. The van der Waals surface area contributed by atoms with Crippen molar-refractivity contribution in [3.8, 4) is 0 Å². The first kappa shape index (κ1) is 17.8. The molecule has 3 aliphatic rings. The van der Waals surface area contributed by atoms with E-state index in [4.69, 9.17) is 14.2 Å². The van der Waals surface area contributed by atoms with Gasteiger partial charge in [0.1, 0.15) is 24.4 Å². The molecule has 0 saturated carbocycles. The van der Waals surface area contributed by atoms with E-state index < -0.39 is 55.6 Å². The first-order valence-electron chi connectivity index (χ1n) is 7.75. The van der Waals surface area contributed by atoms with Gasteiger partial charge in [-0.1, -0.05) is 6.08 Å². The molecule has 0 aromatic rings. The van der Waals surface area contributed by atoms with Crippen molar-refractivity contribution in [2.24, 2.45) is 11.8 Å². The van der Waals surface area contributed by atoms with E-state index in [1.807, 2.05) is 0 Å². The van der Waals surface area contributed by atoms with Gasteiger partial charge in [-0.15, -0.1) is 0 Å². The smallest absolute Gasteiger partial charge is 0.209 e. The average molecular weight is 346 g/mol. The summed E-state index contributed by atoms with van der Waals surface area (Å²) < 4.78 is 16.3. The second-order valence-electron chi connectivity index (χ2n) is 6.16. The van der Waals surface area contributed by atoms with Crippen LogP contribution in [0.5, 0.6) is 0 Å². The highest BCUT2D eigenvalue weighted by Gasteiger charge is 2.49. The molecule has 3 rings (SSSR count). The van der Waals surface area contributed by atoms with E-state index in [2.05, 4.69) is 0 Å². The van der Waals surface area contributed by atoms with Crippen molar-refractivity contribution >= 4 is 0 Å². The van der Waals surface area contributed by atoms with Crippen LogP contribution in [0, 0.1) is 11.8 Å². The molecule has 1 fully saturated rings. The van der Waals surface area contributed by atoms with Crippen LogP contribution in [0.1, 0.15) is 0 Å². The van der Waals surface area contributed by atoms with Gasteiger partial charge in [-0.2, -0.15) is 0 Å². The van der Waals surface area contributed by atoms with Gasteiger partial charge in [0.15, 0.2) is 6.29 Å². The molecule has 0 aromatic carbocycles. The van der Waals surface area contributed by atoms with E-state index in [1.54, 1.807) is 6.08 Å². The third kappa shape index (κ3) is 2.98. The van der Waals surface area contributed by atoms with E-state index in [0.29, 0.717) is 5.57 Å². The Bertz CT molecular complexity index is 505. The lowest BCUT2D eigenvalue weighted by Crippen LogP contribution is -2.60. The average Bonchev–Trinajstić information content (AvgIpc) is 2.92. The lowest BCUT2D eigenvalue weighted by molar-refractivity contribution is -0.339. The molecule has 9 heteroatoms. The Hall–Kier alpha value is -1.04. The van der Waals surface area contributed by atoms with Crippen LogP contribution in [0.4, 0.5) is 0 Å². The monoisotopic (exact) mass is 346 g/mol. The number of aliphatic hydroxyl groups is 6. The summed E-state index contributed by atoms with van der Waals surface area (Å²) in [7, 11) is 0. The van der Waals surface area contributed by atoms with Crippen molar-refractivity contribution in [2.75, 3.05) is 13.2 Å². The maximum atomic E-state index is 10.0. The van der Waals surface area contributed by atoms with E-state index >= 15 is 0 Å². The van der Waals surface area contributed by atoms with Crippen molar-refractivity contribution in [1.82, 2.24) is 0 Å². The zero-order valence-electron chi connectivity index (χ0n) is 12.8. The van der Waals surface area contributed by atoms with E-state index in [0.717, 1.165) is 0 Å². The summed E-state index contributed by atoms with van der Waals surface area (Å²) in [6, 6.07) is 0. The molecule has 0 aromatic heterocycles. The molecular formula is C15H22O9. The minimum absolute atomic E-state index is 0.288. The Labute approximate surface area is 138 Å². The molecule has 2 aliphatic heterocycles. The standard InChI is InChI=1S/C15H22O9/c16-4-6-3-8(18)7-1-2-22-14(10(6)7)24-15-13(21)12(20)11(19)9(5-17)23-15/h1-3,7-21H,4-5H2/t7-,8+,9-,10+,11-,12+,13-,14+,15+/m0/s1. The van der Waals surface area contributed by atoms with Crippen LogP contribution in [-0.4, -0.2) is 87.0 Å². The number of hydrogen-bond acceptors (Lipinski definition) is 9. The highest BCUT2D eigenvalue weighted by atomic mass is 16.8. The Balaban J connectivity index is 1.75. The summed E-state index contributed by atoms with van der Waals surface area (Å²) in [6.07, 6.45) is -4.27. The van der Waals surface area contributed by atoms with Gasteiger partial charge in [-0.05, 0) is 11.6 Å². The Morgan fingerprint density at radius 3 is 2.42 bits per heavy atom. The fourth-order valence-corrected chi connectivity index (χ4v) is 3.38. The number of ether oxygens (including phenoxy) is 3. The molecular weight excluding hydrogens is 324 g/mol. The maximum Gasteiger partial charge on any atom is 0.209 e. The largest absolute Gasteiger partial charge is 0.472 e. The summed E-state index contributed by atoms with van der Waals surface area (Å²) in [5.74, 6) is -0.835. The van der Waals surface area contributed by atoms with Crippen molar-refractivity contribution in [3.63, 3.8) is 0 Å². The van der Waals surface area contributed by atoms with Crippen LogP contribution in [0.25, 0.3) is 0 Å². The second-order valence-corrected chi connectivity index (χ2v) is 6.16. The highest BCUT2D eigenvalue weighted by Crippen LogP contribution is 2.40. The summed E-state index contributed by atoms with van der Waals surface area (Å²) in [5.41, 5.74) is 0.534. The van der Waals surface area contributed by atoms with Crippen LogP contribution < -0.4 is 0 Å². The molecule has 0 spiro atoms. The van der Waals surface area contributed by atoms with Crippen LogP contribution in [0.15, 0.2) is 24.0 Å². The maximum absolute atomic E-state index is 10.0. The summed E-state index contributed by atoms with van der Waals surface area (Å²) in [5, 5.41) is 58.3. The SMILES string of the molecule is OCC1=C[C@@H](O)[C@@H]2C=CO[C@H](O[C@H]3O[C@@H](CO)[C@H](O)[C@@H](O)[C@@H]3O)[C@H]12. The molecule has 1 saturated heterocycles. The van der Waals surface area contributed by atoms with Crippen molar-refractivity contribution in [3.05, 3.63) is 24.0 Å². The topological polar surface area (TPSA) is 149 Å². The fraction of sp³-hybridized carbons (Fsp3) is 0.733. The Morgan fingerprint density at radius 1 is 1.00 bits per heavy atom. The molecule has 0 unspecified atom stereocenters.